The maximum atomic E-state index is 12.1. The molecule has 0 spiro atoms. The molecule has 0 radical (unpaired) electrons. The van der Waals surface area contributed by atoms with Gasteiger partial charge in [-0.15, -0.1) is 0 Å². The Hall–Kier alpha value is -1.38. The van der Waals surface area contributed by atoms with Gasteiger partial charge in [-0.3, -0.25) is 10.2 Å². The number of morpholine rings is 2. The van der Waals surface area contributed by atoms with E-state index in [-0.39, 0.29) is 19.1 Å². The highest BCUT2D eigenvalue weighted by Gasteiger charge is 2.30. The Morgan fingerprint density at radius 1 is 1.16 bits per heavy atom. The topological polar surface area (TPSA) is 91.3 Å². The van der Waals surface area contributed by atoms with E-state index in [2.05, 4.69) is 5.43 Å². The number of carboxylic acid groups (broad SMARTS) is 1. The molecule has 0 aliphatic carbocycles. The molecule has 2 aliphatic heterocycles. The molecule has 2 aliphatic rings. The lowest BCUT2D eigenvalue weighted by molar-refractivity contribution is -0.139. The Balaban J connectivity index is 1.88. The van der Waals surface area contributed by atoms with E-state index in [0.29, 0.717) is 39.5 Å². The second-order valence-corrected chi connectivity index (χ2v) is 4.54. The molecule has 0 aromatic heterocycles. The first kappa shape index (κ1) is 14.0. The smallest absolute Gasteiger partial charge is 0.332 e. The van der Waals surface area contributed by atoms with Crippen LogP contribution in [-0.2, 0) is 14.3 Å². The molecule has 2 heterocycles. The molecule has 2 saturated heterocycles. The van der Waals surface area contributed by atoms with Crippen molar-refractivity contribution in [2.45, 2.75) is 12.5 Å². The van der Waals surface area contributed by atoms with Crippen molar-refractivity contribution in [1.82, 2.24) is 15.3 Å². The number of nitrogens with one attached hydrogen (secondary N) is 1. The summed E-state index contributed by atoms with van der Waals surface area (Å²) in [7, 11) is 0. The normalized spacial score (nSPS) is 25.1. The van der Waals surface area contributed by atoms with Gasteiger partial charge >= 0.3 is 12.0 Å². The van der Waals surface area contributed by atoms with Gasteiger partial charge in [0.25, 0.3) is 0 Å². The third-order valence-electron chi connectivity index (χ3n) is 3.16. The second-order valence-electron chi connectivity index (χ2n) is 4.54. The monoisotopic (exact) mass is 273 g/mol. The van der Waals surface area contributed by atoms with Crippen molar-refractivity contribution in [3.8, 4) is 0 Å². The number of amides is 2. The van der Waals surface area contributed by atoms with Crippen molar-refractivity contribution in [1.29, 1.82) is 0 Å². The fourth-order valence-corrected chi connectivity index (χ4v) is 2.17. The van der Waals surface area contributed by atoms with Gasteiger partial charge in [0.05, 0.1) is 38.9 Å². The lowest BCUT2D eigenvalue weighted by atomic mass is 10.1. The van der Waals surface area contributed by atoms with Crippen LogP contribution in [0.4, 0.5) is 4.79 Å². The third-order valence-corrected chi connectivity index (χ3v) is 3.16. The number of urea groups is 1. The standard InChI is InChI=1S/C11H19N3O5/c15-10(16)7-9-8-19-6-3-14(9)11(17)12-13-1-4-18-5-2-13/h9H,1-8H2,(H,12,17)(H,15,16). The number of carbonyl (C=O) groups is 2. The average Bonchev–Trinajstić information content (AvgIpc) is 2.39. The predicted octanol–water partition coefficient (Wildman–Crippen LogP) is -0.881. The highest BCUT2D eigenvalue weighted by atomic mass is 16.5. The first-order chi connectivity index (χ1) is 9.16. The van der Waals surface area contributed by atoms with E-state index in [9.17, 15) is 9.59 Å². The fourth-order valence-electron chi connectivity index (χ4n) is 2.17. The summed E-state index contributed by atoms with van der Waals surface area (Å²) in [6.45, 7) is 3.56. The van der Waals surface area contributed by atoms with E-state index >= 15 is 0 Å². The third kappa shape index (κ3) is 4.05. The summed E-state index contributed by atoms with van der Waals surface area (Å²) in [5.41, 5.74) is 2.78. The van der Waals surface area contributed by atoms with Gasteiger partial charge in [-0.05, 0) is 0 Å². The van der Waals surface area contributed by atoms with Crippen LogP contribution in [0, 0.1) is 0 Å². The Morgan fingerprint density at radius 3 is 2.53 bits per heavy atom. The van der Waals surface area contributed by atoms with Crippen LogP contribution in [0.1, 0.15) is 6.42 Å². The zero-order valence-electron chi connectivity index (χ0n) is 10.7. The number of aliphatic carboxylic acids is 1. The van der Waals surface area contributed by atoms with Gasteiger partial charge in [-0.2, -0.15) is 0 Å². The summed E-state index contributed by atoms with van der Waals surface area (Å²) < 4.78 is 10.4. The number of nitrogens with zero attached hydrogens (tertiary/aromatic N) is 2. The number of rotatable bonds is 3. The van der Waals surface area contributed by atoms with E-state index in [0.717, 1.165) is 0 Å². The van der Waals surface area contributed by atoms with Crippen molar-refractivity contribution in [2.24, 2.45) is 0 Å². The summed E-state index contributed by atoms with van der Waals surface area (Å²) in [6, 6.07) is -0.677. The number of hydrazine groups is 1. The Morgan fingerprint density at radius 2 is 1.84 bits per heavy atom. The fraction of sp³-hybridized carbons (Fsp3) is 0.818. The van der Waals surface area contributed by atoms with Crippen LogP contribution in [0.15, 0.2) is 0 Å². The molecular formula is C11H19N3O5. The zero-order valence-corrected chi connectivity index (χ0v) is 10.7. The molecule has 2 amide bonds. The molecule has 2 fully saturated rings. The van der Waals surface area contributed by atoms with Gasteiger partial charge in [0.15, 0.2) is 0 Å². The first-order valence-electron chi connectivity index (χ1n) is 6.36. The van der Waals surface area contributed by atoms with Gasteiger partial charge in [0.1, 0.15) is 0 Å². The number of carbonyl (C=O) groups excluding carboxylic acids is 1. The maximum Gasteiger partial charge on any atom is 0.332 e. The summed E-state index contributed by atoms with van der Waals surface area (Å²) in [5, 5.41) is 10.6. The minimum Gasteiger partial charge on any atom is -0.481 e. The SMILES string of the molecule is O=C(O)CC1COCCN1C(=O)NN1CCOCC1. The van der Waals surface area contributed by atoms with Gasteiger partial charge in [0, 0.05) is 19.6 Å². The molecule has 0 saturated carbocycles. The Labute approximate surface area is 111 Å². The summed E-state index contributed by atoms with van der Waals surface area (Å²) in [6.07, 6.45) is -0.101. The number of ether oxygens (including phenoxy) is 2. The highest BCUT2D eigenvalue weighted by Crippen LogP contribution is 2.11. The molecule has 1 atom stereocenters. The van der Waals surface area contributed by atoms with Crippen LogP contribution >= 0.6 is 0 Å². The molecule has 0 bridgehead atoms. The molecular weight excluding hydrogens is 254 g/mol. The molecule has 8 nitrogen and oxygen atoms in total. The Kier molecular flexibility index (Phi) is 4.94. The number of hydrogen-bond acceptors (Lipinski definition) is 5. The van der Waals surface area contributed by atoms with E-state index in [1.165, 1.54) is 4.90 Å². The van der Waals surface area contributed by atoms with E-state index < -0.39 is 12.0 Å². The minimum atomic E-state index is -0.931. The lowest BCUT2D eigenvalue weighted by Gasteiger charge is -2.37. The lowest BCUT2D eigenvalue weighted by Crippen LogP contribution is -2.58. The number of carboxylic acids is 1. The van der Waals surface area contributed by atoms with Gasteiger partial charge < -0.3 is 19.5 Å². The zero-order chi connectivity index (χ0) is 13.7. The van der Waals surface area contributed by atoms with Crippen molar-refractivity contribution >= 4 is 12.0 Å². The summed E-state index contributed by atoms with van der Waals surface area (Å²) >= 11 is 0. The van der Waals surface area contributed by atoms with Gasteiger partial charge in [0.2, 0.25) is 0 Å². The van der Waals surface area contributed by atoms with Crippen LogP contribution in [0.25, 0.3) is 0 Å². The van der Waals surface area contributed by atoms with E-state index in [1.54, 1.807) is 5.01 Å². The second kappa shape index (κ2) is 6.69. The molecule has 0 aromatic carbocycles. The van der Waals surface area contributed by atoms with Crippen LogP contribution < -0.4 is 5.43 Å². The predicted molar refractivity (Wildman–Crippen MR) is 64.5 cm³/mol. The molecule has 1 unspecified atom stereocenters. The van der Waals surface area contributed by atoms with Crippen LogP contribution in [0.2, 0.25) is 0 Å². The molecule has 2 N–H and O–H groups in total. The van der Waals surface area contributed by atoms with Crippen LogP contribution in [0.5, 0.6) is 0 Å². The van der Waals surface area contributed by atoms with Gasteiger partial charge in [-0.1, -0.05) is 0 Å². The van der Waals surface area contributed by atoms with Crippen molar-refractivity contribution in [3.63, 3.8) is 0 Å². The maximum absolute atomic E-state index is 12.1. The molecule has 108 valence electrons. The van der Waals surface area contributed by atoms with Crippen molar-refractivity contribution in [2.75, 3.05) is 46.1 Å². The van der Waals surface area contributed by atoms with E-state index in [4.69, 9.17) is 14.6 Å². The van der Waals surface area contributed by atoms with Crippen molar-refractivity contribution in [3.05, 3.63) is 0 Å². The Bertz CT molecular complexity index is 332. The first-order valence-corrected chi connectivity index (χ1v) is 6.36. The largest absolute Gasteiger partial charge is 0.481 e. The molecule has 2 rings (SSSR count). The molecule has 8 heteroatoms. The van der Waals surface area contributed by atoms with Crippen LogP contribution in [-0.4, -0.2) is 79.1 Å². The highest BCUT2D eigenvalue weighted by molar-refractivity contribution is 5.75. The quantitative estimate of drug-likeness (QED) is 0.694. The van der Waals surface area contributed by atoms with Crippen LogP contribution in [0.3, 0.4) is 0 Å². The number of hydrogen-bond donors (Lipinski definition) is 2. The minimum absolute atomic E-state index is 0.101. The summed E-state index contributed by atoms with van der Waals surface area (Å²) in [5.74, 6) is -0.931. The summed E-state index contributed by atoms with van der Waals surface area (Å²) in [4.78, 5) is 24.5. The molecule has 0 aromatic rings. The average molecular weight is 273 g/mol. The van der Waals surface area contributed by atoms with Gasteiger partial charge in [-0.25, -0.2) is 9.80 Å². The van der Waals surface area contributed by atoms with Crippen molar-refractivity contribution < 1.29 is 24.2 Å². The van der Waals surface area contributed by atoms with E-state index in [1.807, 2.05) is 0 Å². The molecule has 19 heavy (non-hydrogen) atoms.